The Morgan fingerprint density at radius 2 is 2.21 bits per heavy atom. The summed E-state index contributed by atoms with van der Waals surface area (Å²) >= 11 is 0. The predicted octanol–water partition coefficient (Wildman–Crippen LogP) is 1.46. The third kappa shape index (κ3) is 3.26. The van der Waals surface area contributed by atoms with E-state index in [1.54, 1.807) is 10.9 Å². The minimum absolute atomic E-state index is 0.0133. The second kappa shape index (κ2) is 6.78. The zero-order valence-corrected chi connectivity index (χ0v) is 16.4. The standard InChI is InChI=1S/C19H24N8O/c1-13-6-21-18(23-15-7-22-25(3)10-15)24-17(13)27-9-14-8-26(16(28)4-5-20)11-19(14,2)12-27/h6-7,10,14H,4,8-9,11-12H2,1-3H3,(H,21,23,24)/t14-,19+/m0/s1. The molecule has 1 N–H and O–H groups in total. The number of carbonyl (C=O) groups is 1. The molecule has 0 spiro atoms. The van der Waals surface area contributed by atoms with Crippen molar-refractivity contribution < 1.29 is 4.79 Å². The SMILES string of the molecule is Cc1cnc(Nc2cnn(C)c2)nc1N1C[C@@H]2CN(C(=O)CC#N)C[C@]2(C)C1. The number of aromatic nitrogens is 4. The minimum atomic E-state index is -0.0640. The lowest BCUT2D eigenvalue weighted by Gasteiger charge is -2.26. The number of fused-ring (bicyclic) bond motifs is 1. The Morgan fingerprint density at radius 3 is 2.89 bits per heavy atom. The lowest BCUT2D eigenvalue weighted by molar-refractivity contribution is -0.129. The van der Waals surface area contributed by atoms with E-state index in [-0.39, 0.29) is 17.7 Å². The first-order chi connectivity index (χ1) is 13.4. The van der Waals surface area contributed by atoms with Gasteiger partial charge < -0.3 is 15.1 Å². The highest BCUT2D eigenvalue weighted by Crippen LogP contribution is 2.44. The topological polar surface area (TPSA) is 103 Å². The highest BCUT2D eigenvalue weighted by molar-refractivity contribution is 5.78. The normalized spacial score (nSPS) is 23.6. The van der Waals surface area contributed by atoms with Crippen LogP contribution in [0.25, 0.3) is 0 Å². The van der Waals surface area contributed by atoms with E-state index >= 15 is 0 Å². The third-order valence-electron chi connectivity index (χ3n) is 5.76. The number of hydrogen-bond acceptors (Lipinski definition) is 7. The van der Waals surface area contributed by atoms with Gasteiger partial charge in [0.2, 0.25) is 11.9 Å². The monoisotopic (exact) mass is 380 g/mol. The Kier molecular flexibility index (Phi) is 4.41. The van der Waals surface area contributed by atoms with E-state index in [0.717, 1.165) is 30.2 Å². The van der Waals surface area contributed by atoms with Crippen LogP contribution in [0, 0.1) is 29.6 Å². The summed E-state index contributed by atoms with van der Waals surface area (Å²) in [6, 6.07) is 1.96. The van der Waals surface area contributed by atoms with E-state index in [2.05, 4.69) is 27.2 Å². The predicted molar refractivity (Wildman–Crippen MR) is 104 cm³/mol. The molecule has 9 heteroatoms. The van der Waals surface area contributed by atoms with E-state index in [9.17, 15) is 4.79 Å². The summed E-state index contributed by atoms with van der Waals surface area (Å²) < 4.78 is 1.72. The fourth-order valence-corrected chi connectivity index (χ4v) is 4.30. The summed E-state index contributed by atoms with van der Waals surface area (Å²) in [5.74, 6) is 1.78. The maximum atomic E-state index is 12.1. The quantitative estimate of drug-likeness (QED) is 0.856. The molecule has 4 rings (SSSR count). The van der Waals surface area contributed by atoms with E-state index < -0.39 is 0 Å². The average Bonchev–Trinajstić information content (AvgIpc) is 3.28. The van der Waals surface area contributed by atoms with Gasteiger partial charge >= 0.3 is 0 Å². The number of nitrogens with zero attached hydrogens (tertiary/aromatic N) is 7. The number of likely N-dealkylation sites (tertiary alicyclic amines) is 1. The molecule has 0 radical (unpaired) electrons. The number of rotatable bonds is 4. The second-order valence-corrected chi connectivity index (χ2v) is 8.07. The van der Waals surface area contributed by atoms with Crippen molar-refractivity contribution in [1.82, 2.24) is 24.6 Å². The summed E-state index contributed by atoms with van der Waals surface area (Å²) in [6.07, 6.45) is 5.40. The molecule has 0 saturated carbocycles. The molecule has 2 aliphatic rings. The maximum absolute atomic E-state index is 12.1. The van der Waals surface area contributed by atoms with Crippen LogP contribution in [0.15, 0.2) is 18.6 Å². The number of carbonyl (C=O) groups excluding carboxylic acids is 1. The van der Waals surface area contributed by atoms with Gasteiger partial charge in [0.25, 0.3) is 0 Å². The number of aryl methyl sites for hydroxylation is 2. The van der Waals surface area contributed by atoms with Gasteiger partial charge in [0.1, 0.15) is 12.2 Å². The Balaban J connectivity index is 1.50. The molecule has 2 atom stereocenters. The molecular weight excluding hydrogens is 356 g/mol. The van der Waals surface area contributed by atoms with Gasteiger partial charge in [0.05, 0.1) is 18.0 Å². The second-order valence-electron chi connectivity index (χ2n) is 8.07. The van der Waals surface area contributed by atoms with Gasteiger partial charge in [-0.3, -0.25) is 9.48 Å². The summed E-state index contributed by atoms with van der Waals surface area (Å²) in [5.41, 5.74) is 1.88. The van der Waals surface area contributed by atoms with Crippen LogP contribution in [0.3, 0.4) is 0 Å². The Morgan fingerprint density at radius 1 is 1.39 bits per heavy atom. The largest absolute Gasteiger partial charge is 0.355 e. The molecule has 9 nitrogen and oxygen atoms in total. The van der Waals surface area contributed by atoms with Crippen molar-refractivity contribution in [2.24, 2.45) is 18.4 Å². The van der Waals surface area contributed by atoms with Crippen molar-refractivity contribution in [3.8, 4) is 6.07 Å². The number of nitrogens with one attached hydrogen (secondary N) is 1. The first-order valence-electron chi connectivity index (χ1n) is 9.37. The van der Waals surface area contributed by atoms with Gasteiger partial charge in [0.15, 0.2) is 0 Å². The molecular formula is C19H24N8O. The van der Waals surface area contributed by atoms with Gasteiger partial charge in [-0.15, -0.1) is 0 Å². The van der Waals surface area contributed by atoms with Crippen molar-refractivity contribution in [3.63, 3.8) is 0 Å². The van der Waals surface area contributed by atoms with E-state index in [4.69, 9.17) is 10.2 Å². The number of amides is 1. The Labute approximate surface area is 164 Å². The van der Waals surface area contributed by atoms with Gasteiger partial charge in [-0.05, 0) is 6.92 Å². The lowest BCUT2D eigenvalue weighted by atomic mass is 9.83. The van der Waals surface area contributed by atoms with Crippen LogP contribution in [0.1, 0.15) is 18.9 Å². The van der Waals surface area contributed by atoms with Crippen LogP contribution in [0.2, 0.25) is 0 Å². The molecule has 0 aromatic carbocycles. The van der Waals surface area contributed by atoms with Crippen LogP contribution in [0.4, 0.5) is 17.5 Å². The first kappa shape index (κ1) is 18.2. The molecule has 146 valence electrons. The van der Waals surface area contributed by atoms with Gasteiger partial charge in [-0.1, -0.05) is 6.92 Å². The van der Waals surface area contributed by atoms with Crippen molar-refractivity contribution in [2.45, 2.75) is 20.3 Å². The van der Waals surface area contributed by atoms with Crippen molar-refractivity contribution in [1.29, 1.82) is 5.26 Å². The Hall–Kier alpha value is -3.15. The molecule has 2 aliphatic heterocycles. The maximum Gasteiger partial charge on any atom is 0.236 e. The average molecular weight is 380 g/mol. The van der Waals surface area contributed by atoms with E-state index in [1.165, 1.54) is 0 Å². The third-order valence-corrected chi connectivity index (χ3v) is 5.76. The molecule has 0 unspecified atom stereocenters. The van der Waals surface area contributed by atoms with E-state index in [0.29, 0.717) is 25.0 Å². The summed E-state index contributed by atoms with van der Waals surface area (Å²) in [7, 11) is 1.86. The summed E-state index contributed by atoms with van der Waals surface area (Å²) in [5, 5.41) is 16.1. The van der Waals surface area contributed by atoms with Gasteiger partial charge in [-0.25, -0.2) is 4.98 Å². The van der Waals surface area contributed by atoms with Crippen LogP contribution in [0.5, 0.6) is 0 Å². The molecule has 2 aromatic rings. The van der Waals surface area contributed by atoms with Crippen LogP contribution >= 0.6 is 0 Å². The number of nitriles is 1. The van der Waals surface area contributed by atoms with Crippen molar-refractivity contribution in [3.05, 3.63) is 24.2 Å². The first-order valence-corrected chi connectivity index (χ1v) is 9.37. The number of anilines is 3. The van der Waals surface area contributed by atoms with Crippen LogP contribution in [-0.4, -0.2) is 56.7 Å². The van der Waals surface area contributed by atoms with Gasteiger partial charge in [0, 0.05) is 62.5 Å². The molecule has 0 aliphatic carbocycles. The molecule has 2 saturated heterocycles. The fraction of sp³-hybridized carbons (Fsp3) is 0.526. The van der Waals surface area contributed by atoms with E-state index in [1.807, 2.05) is 37.3 Å². The molecule has 1 amide bonds. The molecule has 4 heterocycles. The smallest absolute Gasteiger partial charge is 0.236 e. The summed E-state index contributed by atoms with van der Waals surface area (Å²) in [6.45, 7) is 7.32. The van der Waals surface area contributed by atoms with Crippen LogP contribution < -0.4 is 10.2 Å². The number of hydrogen-bond donors (Lipinski definition) is 1. The molecule has 2 aromatic heterocycles. The fourth-order valence-electron chi connectivity index (χ4n) is 4.30. The molecule has 2 fully saturated rings. The van der Waals surface area contributed by atoms with Crippen molar-refractivity contribution in [2.75, 3.05) is 36.4 Å². The molecule has 28 heavy (non-hydrogen) atoms. The molecule has 0 bridgehead atoms. The Bertz CT molecular complexity index is 948. The highest BCUT2D eigenvalue weighted by atomic mass is 16.2. The summed E-state index contributed by atoms with van der Waals surface area (Å²) in [4.78, 5) is 25.4. The lowest BCUT2D eigenvalue weighted by Crippen LogP contribution is -2.35. The van der Waals surface area contributed by atoms with Crippen LogP contribution in [-0.2, 0) is 11.8 Å². The zero-order valence-electron chi connectivity index (χ0n) is 16.4. The van der Waals surface area contributed by atoms with Gasteiger partial charge in [-0.2, -0.15) is 15.3 Å². The minimum Gasteiger partial charge on any atom is -0.355 e. The van der Waals surface area contributed by atoms with Crippen molar-refractivity contribution >= 4 is 23.4 Å². The highest BCUT2D eigenvalue weighted by Gasteiger charge is 2.50. The zero-order chi connectivity index (χ0) is 19.9.